The molecule has 1 fully saturated rings. The molecule has 0 amide bonds. The van der Waals surface area contributed by atoms with Crippen LogP contribution in [0.25, 0.3) is 22.4 Å². The third kappa shape index (κ3) is 6.68. The largest absolute Gasteiger partial charge is 0.351 e. The van der Waals surface area contributed by atoms with Crippen molar-refractivity contribution in [2.75, 3.05) is 24.1 Å². The molecule has 1 saturated carbocycles. The minimum Gasteiger partial charge on any atom is -0.351 e. The van der Waals surface area contributed by atoms with Crippen molar-refractivity contribution in [2.24, 2.45) is 0 Å². The summed E-state index contributed by atoms with van der Waals surface area (Å²) in [7, 11) is 0.516. The molecule has 12 nitrogen and oxygen atoms in total. The van der Waals surface area contributed by atoms with E-state index < -0.39 is 10.0 Å². The van der Waals surface area contributed by atoms with Crippen molar-refractivity contribution in [1.82, 2.24) is 34.4 Å². The number of nitrogens with zero attached hydrogens (tertiary/aromatic N) is 7. The van der Waals surface area contributed by atoms with Gasteiger partial charge in [-0.25, -0.2) is 23.4 Å². The number of hydrogen-bond donors (Lipinski definition) is 2. The summed E-state index contributed by atoms with van der Waals surface area (Å²) in [6, 6.07) is 8.90. The van der Waals surface area contributed by atoms with Crippen molar-refractivity contribution in [1.29, 1.82) is 0 Å². The lowest BCUT2D eigenvalue weighted by molar-refractivity contribution is 0.221. The van der Waals surface area contributed by atoms with Crippen LogP contribution < -0.4 is 15.6 Å². The van der Waals surface area contributed by atoms with Gasteiger partial charge >= 0.3 is 0 Å². The SMILES string of the molecule is CC(C)n1c(=O)c(-c2ccc(NS(=O)(=O)Cc3ccccn3)nc2)nc2cnc(N[C@H]3CC[C@H](N(C)C)CC3)nc21. The molecule has 0 unspecified atom stereocenters. The second-order valence-corrected chi connectivity index (χ2v) is 12.6. The number of sulfonamides is 1. The predicted octanol–water partition coefficient (Wildman–Crippen LogP) is 3.45. The molecule has 0 aliphatic heterocycles. The summed E-state index contributed by atoms with van der Waals surface area (Å²) >= 11 is 0. The first-order valence-corrected chi connectivity index (χ1v) is 15.3. The molecule has 216 valence electrons. The van der Waals surface area contributed by atoms with Crippen LogP contribution >= 0.6 is 0 Å². The molecule has 13 heteroatoms. The summed E-state index contributed by atoms with van der Waals surface area (Å²) in [6.45, 7) is 3.83. The van der Waals surface area contributed by atoms with Crippen LogP contribution in [0.1, 0.15) is 51.3 Å². The number of nitrogens with one attached hydrogen (secondary N) is 2. The second kappa shape index (κ2) is 11.9. The van der Waals surface area contributed by atoms with Crippen LogP contribution in [0, 0.1) is 0 Å². The minimum absolute atomic E-state index is 0.133. The molecule has 0 aromatic carbocycles. The smallest absolute Gasteiger partial charge is 0.279 e. The van der Waals surface area contributed by atoms with E-state index in [4.69, 9.17) is 4.98 Å². The van der Waals surface area contributed by atoms with Gasteiger partial charge in [-0.1, -0.05) is 6.07 Å². The van der Waals surface area contributed by atoms with Crippen LogP contribution in [0.4, 0.5) is 11.8 Å². The summed E-state index contributed by atoms with van der Waals surface area (Å²) in [5.41, 5.74) is 1.69. The molecule has 4 heterocycles. The van der Waals surface area contributed by atoms with E-state index in [-0.39, 0.29) is 34.9 Å². The fourth-order valence-corrected chi connectivity index (χ4v) is 6.20. The zero-order valence-electron chi connectivity index (χ0n) is 23.6. The first kappa shape index (κ1) is 28.6. The van der Waals surface area contributed by atoms with Crippen LogP contribution in [0.15, 0.2) is 53.7 Å². The standard InChI is InChI=1S/C28H35N9O3S/c1-18(2)37-26-23(16-31-28(34-26)32-20-9-11-22(12-10-20)36(3)4)33-25(27(37)38)19-8-13-24(30-15-19)35-41(39,40)17-21-7-5-6-14-29-21/h5-8,13-16,18,20,22H,9-12,17H2,1-4H3,(H,30,35)(H,31,32,34)/t20-,22-. The Hall–Kier alpha value is -3.97. The molecular formula is C28H35N9O3S. The van der Waals surface area contributed by atoms with Crippen LogP contribution in [0.2, 0.25) is 0 Å². The number of pyridine rings is 2. The van der Waals surface area contributed by atoms with Crippen LogP contribution in [-0.4, -0.2) is 69.0 Å². The number of aromatic nitrogens is 6. The fourth-order valence-electron chi connectivity index (χ4n) is 5.12. The number of rotatable bonds is 9. The molecule has 0 saturated heterocycles. The number of fused-ring (bicyclic) bond motifs is 1. The van der Waals surface area contributed by atoms with Gasteiger partial charge < -0.3 is 10.2 Å². The predicted molar refractivity (Wildman–Crippen MR) is 159 cm³/mol. The molecule has 2 N–H and O–H groups in total. The molecule has 4 aromatic heterocycles. The Bertz CT molecular complexity index is 1670. The van der Waals surface area contributed by atoms with Crippen LogP contribution in [0.5, 0.6) is 0 Å². The van der Waals surface area contributed by atoms with Crippen molar-refractivity contribution in [3.05, 3.63) is 65.0 Å². The Morgan fingerprint density at radius 2 is 1.78 bits per heavy atom. The van der Waals surface area contributed by atoms with Gasteiger partial charge in [0.1, 0.15) is 22.8 Å². The lowest BCUT2D eigenvalue weighted by atomic mass is 9.91. The Labute approximate surface area is 239 Å². The second-order valence-electron chi connectivity index (χ2n) is 10.9. The highest BCUT2D eigenvalue weighted by Gasteiger charge is 2.24. The van der Waals surface area contributed by atoms with E-state index in [2.05, 4.69) is 49.0 Å². The van der Waals surface area contributed by atoms with Gasteiger partial charge in [-0.3, -0.25) is 19.1 Å². The highest BCUT2D eigenvalue weighted by Crippen LogP contribution is 2.25. The third-order valence-corrected chi connectivity index (χ3v) is 8.47. The summed E-state index contributed by atoms with van der Waals surface area (Å²) in [5.74, 6) is 0.336. The summed E-state index contributed by atoms with van der Waals surface area (Å²) in [4.78, 5) is 38.0. The molecule has 1 aliphatic carbocycles. The van der Waals surface area contributed by atoms with Gasteiger partial charge in [0, 0.05) is 36.1 Å². The average Bonchev–Trinajstić information content (AvgIpc) is 2.93. The summed E-state index contributed by atoms with van der Waals surface area (Å²) < 4.78 is 29.2. The van der Waals surface area contributed by atoms with Gasteiger partial charge in [0.25, 0.3) is 5.56 Å². The first-order chi connectivity index (χ1) is 19.6. The highest BCUT2D eigenvalue weighted by molar-refractivity contribution is 7.91. The molecule has 0 radical (unpaired) electrons. The molecule has 0 spiro atoms. The van der Waals surface area contributed by atoms with Gasteiger partial charge in [0.15, 0.2) is 5.65 Å². The summed E-state index contributed by atoms with van der Waals surface area (Å²) in [5, 5.41) is 3.45. The Morgan fingerprint density at radius 1 is 1.00 bits per heavy atom. The van der Waals surface area contributed by atoms with Gasteiger partial charge in [-0.05, 0) is 77.9 Å². The quantitative estimate of drug-likeness (QED) is 0.303. The fraction of sp³-hybridized carbons (Fsp3) is 0.429. The average molecular weight is 578 g/mol. The molecule has 0 bridgehead atoms. The zero-order chi connectivity index (χ0) is 29.1. The van der Waals surface area contributed by atoms with Crippen molar-refractivity contribution in [3.8, 4) is 11.3 Å². The van der Waals surface area contributed by atoms with E-state index in [9.17, 15) is 13.2 Å². The van der Waals surface area contributed by atoms with Gasteiger partial charge in [-0.15, -0.1) is 0 Å². The monoisotopic (exact) mass is 577 g/mol. The van der Waals surface area contributed by atoms with Crippen molar-refractivity contribution >= 4 is 33.0 Å². The number of anilines is 2. The molecule has 5 rings (SSSR count). The van der Waals surface area contributed by atoms with E-state index in [1.54, 1.807) is 35.0 Å². The van der Waals surface area contributed by atoms with Crippen molar-refractivity contribution < 1.29 is 8.42 Å². The molecule has 0 atom stereocenters. The van der Waals surface area contributed by atoms with E-state index in [0.717, 1.165) is 25.7 Å². The topological polar surface area (TPSA) is 148 Å². The van der Waals surface area contributed by atoms with E-state index in [1.165, 1.54) is 18.5 Å². The van der Waals surface area contributed by atoms with Crippen molar-refractivity contribution in [2.45, 2.75) is 63.4 Å². The van der Waals surface area contributed by atoms with Crippen molar-refractivity contribution in [3.63, 3.8) is 0 Å². The molecule has 1 aliphatic rings. The Kier molecular flexibility index (Phi) is 8.27. The van der Waals surface area contributed by atoms with Crippen LogP contribution in [-0.2, 0) is 15.8 Å². The number of hydrogen-bond acceptors (Lipinski definition) is 10. The maximum Gasteiger partial charge on any atom is 0.279 e. The van der Waals surface area contributed by atoms with E-state index in [0.29, 0.717) is 34.4 Å². The Balaban J connectivity index is 1.38. The van der Waals surface area contributed by atoms with Gasteiger partial charge in [-0.2, -0.15) is 4.98 Å². The third-order valence-electron chi connectivity index (χ3n) is 7.27. The lowest BCUT2D eigenvalue weighted by Crippen LogP contribution is -2.36. The maximum absolute atomic E-state index is 13.6. The molecular weight excluding hydrogens is 542 g/mol. The Morgan fingerprint density at radius 3 is 2.41 bits per heavy atom. The molecule has 4 aromatic rings. The minimum atomic E-state index is -3.72. The highest BCUT2D eigenvalue weighted by atomic mass is 32.2. The normalized spacial score (nSPS) is 17.7. The van der Waals surface area contributed by atoms with Crippen LogP contribution in [0.3, 0.4) is 0 Å². The summed E-state index contributed by atoms with van der Waals surface area (Å²) in [6.07, 6.45) is 8.88. The van der Waals surface area contributed by atoms with Gasteiger partial charge in [0.05, 0.1) is 11.9 Å². The first-order valence-electron chi connectivity index (χ1n) is 13.7. The van der Waals surface area contributed by atoms with E-state index in [1.807, 2.05) is 13.8 Å². The van der Waals surface area contributed by atoms with E-state index >= 15 is 0 Å². The van der Waals surface area contributed by atoms with Gasteiger partial charge in [0.2, 0.25) is 16.0 Å². The maximum atomic E-state index is 13.6. The molecule has 41 heavy (non-hydrogen) atoms. The lowest BCUT2D eigenvalue weighted by Gasteiger charge is -2.32. The zero-order valence-corrected chi connectivity index (χ0v) is 24.5.